The lowest BCUT2D eigenvalue weighted by molar-refractivity contribution is 0.102. The van der Waals surface area contributed by atoms with Gasteiger partial charge < -0.3 is 15.6 Å². The number of hydrogen-bond acceptors (Lipinski definition) is 3. The number of imidazole rings is 1. The van der Waals surface area contributed by atoms with E-state index in [0.717, 1.165) is 28.3 Å². The molecule has 0 bridgehead atoms. The summed E-state index contributed by atoms with van der Waals surface area (Å²) >= 11 is 0. The van der Waals surface area contributed by atoms with Crippen molar-refractivity contribution in [3.8, 4) is 5.69 Å². The van der Waals surface area contributed by atoms with Crippen LogP contribution < -0.4 is 11.1 Å². The Balaban J connectivity index is 1.73. The van der Waals surface area contributed by atoms with Gasteiger partial charge in [-0.25, -0.2) is 4.98 Å². The summed E-state index contributed by atoms with van der Waals surface area (Å²) in [5.74, 6) is -0.138. The summed E-state index contributed by atoms with van der Waals surface area (Å²) < 4.78 is 2.02. The number of nitrogens with one attached hydrogen (secondary N) is 1. The fourth-order valence-corrected chi connectivity index (χ4v) is 2.46. The first-order chi connectivity index (χ1) is 11.6. The third-order valence-electron chi connectivity index (χ3n) is 4.11. The largest absolute Gasteiger partial charge is 0.326 e. The summed E-state index contributed by atoms with van der Waals surface area (Å²) in [4.78, 5) is 16.6. The van der Waals surface area contributed by atoms with Crippen molar-refractivity contribution >= 4 is 11.6 Å². The maximum atomic E-state index is 12.3. The maximum Gasteiger partial charge on any atom is 0.255 e. The molecule has 0 aliphatic rings. The normalized spacial score (nSPS) is 10.6. The van der Waals surface area contributed by atoms with Gasteiger partial charge >= 0.3 is 0 Å². The second kappa shape index (κ2) is 6.68. The highest BCUT2D eigenvalue weighted by molar-refractivity contribution is 6.04. The number of carbonyl (C=O) groups is 1. The standard InChI is InChI=1S/C19H20N4O/c1-13-14(2)23(12-21-13)18-9-7-17(8-10-18)22-19(24)16-5-3-15(11-20)4-6-16/h3-10,12H,11,20H2,1-2H3,(H,22,24). The molecule has 5 nitrogen and oxygen atoms in total. The average Bonchev–Trinajstić information content (AvgIpc) is 2.95. The van der Waals surface area contributed by atoms with E-state index in [2.05, 4.69) is 10.3 Å². The van der Waals surface area contributed by atoms with Gasteiger partial charge in [-0.2, -0.15) is 0 Å². The fraction of sp³-hybridized carbons (Fsp3) is 0.158. The van der Waals surface area contributed by atoms with Gasteiger partial charge in [0.25, 0.3) is 5.91 Å². The zero-order valence-electron chi connectivity index (χ0n) is 13.8. The zero-order valence-corrected chi connectivity index (χ0v) is 13.8. The van der Waals surface area contributed by atoms with Crippen LogP contribution in [-0.2, 0) is 6.54 Å². The van der Waals surface area contributed by atoms with E-state index in [-0.39, 0.29) is 5.91 Å². The summed E-state index contributed by atoms with van der Waals surface area (Å²) in [6.45, 7) is 4.48. The van der Waals surface area contributed by atoms with Crippen LogP contribution in [0.5, 0.6) is 0 Å². The van der Waals surface area contributed by atoms with E-state index in [4.69, 9.17) is 5.73 Å². The van der Waals surface area contributed by atoms with E-state index in [1.165, 1.54) is 0 Å². The molecule has 0 saturated heterocycles. The van der Waals surface area contributed by atoms with Crippen molar-refractivity contribution < 1.29 is 4.79 Å². The lowest BCUT2D eigenvalue weighted by atomic mass is 10.1. The molecule has 24 heavy (non-hydrogen) atoms. The first kappa shape index (κ1) is 16.0. The zero-order chi connectivity index (χ0) is 17.1. The number of aromatic nitrogens is 2. The van der Waals surface area contributed by atoms with Crippen LogP contribution in [0.15, 0.2) is 54.9 Å². The van der Waals surface area contributed by atoms with Crippen molar-refractivity contribution in [2.75, 3.05) is 5.32 Å². The summed E-state index contributed by atoms with van der Waals surface area (Å²) in [5, 5.41) is 2.90. The Kier molecular flexibility index (Phi) is 4.44. The minimum Gasteiger partial charge on any atom is -0.326 e. The number of hydrogen-bond donors (Lipinski definition) is 2. The Hall–Kier alpha value is -2.92. The second-order valence-corrected chi connectivity index (χ2v) is 5.69. The minimum atomic E-state index is -0.138. The van der Waals surface area contributed by atoms with E-state index in [1.807, 2.05) is 54.8 Å². The van der Waals surface area contributed by atoms with Crippen molar-refractivity contribution in [1.29, 1.82) is 0 Å². The number of benzene rings is 2. The van der Waals surface area contributed by atoms with Crippen LogP contribution >= 0.6 is 0 Å². The third-order valence-corrected chi connectivity index (χ3v) is 4.11. The molecule has 3 N–H and O–H groups in total. The quantitative estimate of drug-likeness (QED) is 0.775. The molecule has 0 aliphatic carbocycles. The van der Waals surface area contributed by atoms with Gasteiger partial charge in [-0.1, -0.05) is 12.1 Å². The molecule has 0 unspecified atom stereocenters. The highest BCUT2D eigenvalue weighted by Gasteiger charge is 2.07. The van der Waals surface area contributed by atoms with Gasteiger partial charge in [0.05, 0.1) is 12.0 Å². The Morgan fingerprint density at radius 3 is 2.29 bits per heavy atom. The molecule has 2 aromatic carbocycles. The van der Waals surface area contributed by atoms with E-state index < -0.39 is 0 Å². The first-order valence-corrected chi connectivity index (χ1v) is 7.80. The Bertz CT molecular complexity index is 848. The number of nitrogens with zero attached hydrogens (tertiary/aromatic N) is 2. The smallest absolute Gasteiger partial charge is 0.255 e. The molecular formula is C19H20N4O. The van der Waals surface area contributed by atoms with Gasteiger partial charge in [0.2, 0.25) is 0 Å². The predicted octanol–water partition coefficient (Wildman–Crippen LogP) is 3.20. The van der Waals surface area contributed by atoms with Gasteiger partial charge in [0.1, 0.15) is 0 Å². The molecule has 0 fully saturated rings. The number of nitrogens with two attached hydrogens (primary N) is 1. The summed E-state index contributed by atoms with van der Waals surface area (Å²) in [6, 6.07) is 15.0. The molecule has 3 rings (SSSR count). The highest BCUT2D eigenvalue weighted by atomic mass is 16.1. The highest BCUT2D eigenvalue weighted by Crippen LogP contribution is 2.17. The van der Waals surface area contributed by atoms with Gasteiger partial charge in [-0.3, -0.25) is 4.79 Å². The number of carbonyl (C=O) groups excluding carboxylic acids is 1. The molecule has 5 heteroatoms. The van der Waals surface area contributed by atoms with Crippen molar-refractivity contribution in [2.45, 2.75) is 20.4 Å². The third kappa shape index (κ3) is 3.21. The average molecular weight is 320 g/mol. The Morgan fingerprint density at radius 1 is 1.08 bits per heavy atom. The SMILES string of the molecule is Cc1ncn(-c2ccc(NC(=O)c3ccc(CN)cc3)cc2)c1C. The fourth-order valence-electron chi connectivity index (χ4n) is 2.46. The molecule has 122 valence electrons. The first-order valence-electron chi connectivity index (χ1n) is 7.80. The van der Waals surface area contributed by atoms with Crippen molar-refractivity contribution in [3.05, 3.63) is 77.4 Å². The van der Waals surface area contributed by atoms with Crippen LogP contribution in [0.1, 0.15) is 27.3 Å². The predicted molar refractivity (Wildman–Crippen MR) is 95.3 cm³/mol. The number of amides is 1. The van der Waals surface area contributed by atoms with Gasteiger partial charge in [-0.15, -0.1) is 0 Å². The molecule has 0 radical (unpaired) electrons. The maximum absolute atomic E-state index is 12.3. The monoisotopic (exact) mass is 320 g/mol. The number of aryl methyl sites for hydroxylation is 1. The molecule has 0 spiro atoms. The van der Waals surface area contributed by atoms with Crippen molar-refractivity contribution in [2.24, 2.45) is 5.73 Å². The Labute approximate surface area is 141 Å². The van der Waals surface area contributed by atoms with Crippen LogP contribution in [0.2, 0.25) is 0 Å². The molecule has 0 saturated carbocycles. The van der Waals surface area contributed by atoms with Crippen LogP contribution in [-0.4, -0.2) is 15.5 Å². The topological polar surface area (TPSA) is 72.9 Å². The summed E-state index contributed by atoms with van der Waals surface area (Å²) in [6.07, 6.45) is 1.80. The Morgan fingerprint density at radius 2 is 1.75 bits per heavy atom. The van der Waals surface area contributed by atoms with Crippen LogP contribution in [0.4, 0.5) is 5.69 Å². The van der Waals surface area contributed by atoms with Crippen molar-refractivity contribution in [3.63, 3.8) is 0 Å². The molecule has 3 aromatic rings. The molecule has 0 aliphatic heterocycles. The number of anilines is 1. The van der Waals surface area contributed by atoms with E-state index in [0.29, 0.717) is 12.1 Å². The molecular weight excluding hydrogens is 300 g/mol. The van der Waals surface area contributed by atoms with Crippen LogP contribution in [0.25, 0.3) is 5.69 Å². The number of rotatable bonds is 4. The molecule has 1 aromatic heterocycles. The lowest BCUT2D eigenvalue weighted by Crippen LogP contribution is -2.12. The van der Waals surface area contributed by atoms with Gasteiger partial charge in [0.15, 0.2) is 0 Å². The lowest BCUT2D eigenvalue weighted by Gasteiger charge is -2.09. The van der Waals surface area contributed by atoms with E-state index >= 15 is 0 Å². The summed E-state index contributed by atoms with van der Waals surface area (Å²) in [5.41, 5.74) is 11.1. The molecule has 0 atom stereocenters. The van der Waals surface area contributed by atoms with E-state index in [9.17, 15) is 4.79 Å². The van der Waals surface area contributed by atoms with Crippen LogP contribution in [0, 0.1) is 13.8 Å². The second-order valence-electron chi connectivity index (χ2n) is 5.69. The van der Waals surface area contributed by atoms with Crippen LogP contribution in [0.3, 0.4) is 0 Å². The summed E-state index contributed by atoms with van der Waals surface area (Å²) in [7, 11) is 0. The van der Waals surface area contributed by atoms with Gasteiger partial charge in [0, 0.05) is 29.2 Å². The minimum absolute atomic E-state index is 0.138. The van der Waals surface area contributed by atoms with Gasteiger partial charge in [-0.05, 0) is 55.8 Å². The van der Waals surface area contributed by atoms with E-state index in [1.54, 1.807) is 18.5 Å². The molecule has 1 amide bonds. The molecule has 1 heterocycles. The van der Waals surface area contributed by atoms with Crippen molar-refractivity contribution in [1.82, 2.24) is 9.55 Å².